The smallest absolute Gasteiger partial charge is 0.404 e. The van der Waals surface area contributed by atoms with Gasteiger partial charge in [-0.2, -0.15) is 0 Å². The first-order chi connectivity index (χ1) is 14.9. The molecule has 2 aromatic rings. The molecule has 1 aliphatic heterocycles. The monoisotopic (exact) mass is 450 g/mol. The molecule has 1 aromatic heterocycles. The van der Waals surface area contributed by atoms with E-state index in [0.717, 1.165) is 0 Å². The first-order valence-electron chi connectivity index (χ1n) is 9.81. The van der Waals surface area contributed by atoms with Crippen molar-refractivity contribution in [1.29, 1.82) is 0 Å². The molecule has 4 N–H and O–H groups in total. The summed E-state index contributed by atoms with van der Waals surface area (Å²) in [4.78, 5) is 34.8. The van der Waals surface area contributed by atoms with E-state index in [2.05, 4.69) is 5.32 Å². The van der Waals surface area contributed by atoms with Crippen LogP contribution < -0.4 is 21.4 Å². The number of carbonyl (C=O) groups is 2. The van der Waals surface area contributed by atoms with Gasteiger partial charge in [0.15, 0.2) is 12.2 Å². The molecular formula is C21H26N2O9. The number of nitrogens with two attached hydrogens (primary N) is 1. The summed E-state index contributed by atoms with van der Waals surface area (Å²) >= 11 is 0. The fourth-order valence-electron chi connectivity index (χ4n) is 3.78. The van der Waals surface area contributed by atoms with E-state index in [-0.39, 0.29) is 17.0 Å². The number of nitrogens with one attached hydrogen (secondary N) is 1. The van der Waals surface area contributed by atoms with Crippen LogP contribution >= 0.6 is 0 Å². The predicted molar refractivity (Wildman–Crippen MR) is 112 cm³/mol. The Bertz CT molecular complexity index is 1090. The number of ether oxygens (including phenoxy) is 4. The van der Waals surface area contributed by atoms with Gasteiger partial charge in [0.25, 0.3) is 0 Å². The average molecular weight is 450 g/mol. The minimum atomic E-state index is -1.43. The van der Waals surface area contributed by atoms with E-state index in [1.807, 2.05) is 0 Å². The molecule has 0 saturated carbocycles. The highest BCUT2D eigenvalue weighted by molar-refractivity contribution is 5.91. The van der Waals surface area contributed by atoms with Crippen LogP contribution in [-0.4, -0.2) is 54.4 Å². The summed E-state index contributed by atoms with van der Waals surface area (Å²) in [7, 11) is 1.39. The maximum Gasteiger partial charge on any atom is 0.404 e. The molecule has 2 heterocycles. The first-order valence-corrected chi connectivity index (χ1v) is 9.81. The highest BCUT2D eigenvalue weighted by atomic mass is 16.7. The van der Waals surface area contributed by atoms with Crippen molar-refractivity contribution in [2.24, 2.45) is 5.73 Å². The topological polar surface area (TPSA) is 160 Å². The zero-order valence-electron chi connectivity index (χ0n) is 18.3. The number of aliphatic hydroxyl groups is 1. The Labute approximate surface area is 183 Å². The van der Waals surface area contributed by atoms with Gasteiger partial charge >= 0.3 is 11.7 Å². The average Bonchev–Trinajstić information content (AvgIpc) is 2.68. The lowest BCUT2D eigenvalue weighted by Crippen LogP contribution is -2.65. The van der Waals surface area contributed by atoms with Gasteiger partial charge in [0.2, 0.25) is 12.2 Å². The number of carbonyl (C=O) groups excluding carboxylic acids is 2. The minimum absolute atomic E-state index is 0.0166. The molecule has 32 heavy (non-hydrogen) atoms. The van der Waals surface area contributed by atoms with Crippen LogP contribution in [0.25, 0.3) is 11.0 Å². The van der Waals surface area contributed by atoms with Gasteiger partial charge in [-0.3, -0.25) is 4.79 Å². The van der Waals surface area contributed by atoms with Crippen molar-refractivity contribution in [2.75, 3.05) is 12.4 Å². The Morgan fingerprint density at radius 3 is 2.56 bits per heavy atom. The molecule has 11 heteroatoms. The van der Waals surface area contributed by atoms with E-state index in [4.69, 9.17) is 29.1 Å². The molecule has 3 rings (SSSR count). The van der Waals surface area contributed by atoms with Crippen LogP contribution in [-0.2, 0) is 19.0 Å². The molecule has 0 aliphatic carbocycles. The van der Waals surface area contributed by atoms with E-state index in [0.29, 0.717) is 10.9 Å². The Hall–Kier alpha value is -3.15. The van der Waals surface area contributed by atoms with Crippen LogP contribution in [0.5, 0.6) is 5.75 Å². The van der Waals surface area contributed by atoms with E-state index in [9.17, 15) is 19.5 Å². The largest absolute Gasteiger partial charge is 0.462 e. The molecule has 0 bridgehead atoms. The number of benzene rings is 1. The third-order valence-corrected chi connectivity index (χ3v) is 5.18. The summed E-state index contributed by atoms with van der Waals surface area (Å²) in [6.45, 7) is 6.33. The van der Waals surface area contributed by atoms with Crippen LogP contribution in [0.15, 0.2) is 27.4 Å². The van der Waals surface area contributed by atoms with E-state index >= 15 is 0 Å². The molecule has 1 fully saturated rings. The van der Waals surface area contributed by atoms with Crippen molar-refractivity contribution in [2.45, 2.75) is 57.9 Å². The molecule has 1 aromatic carbocycles. The Balaban J connectivity index is 1.95. The molecule has 2 amide bonds. The lowest BCUT2D eigenvalue weighted by molar-refractivity contribution is -0.304. The Morgan fingerprint density at radius 1 is 1.28 bits per heavy atom. The molecule has 1 aliphatic rings. The van der Waals surface area contributed by atoms with Gasteiger partial charge in [-0.15, -0.1) is 0 Å². The highest BCUT2D eigenvalue weighted by Gasteiger charge is 2.53. The fourth-order valence-corrected chi connectivity index (χ4v) is 3.78. The number of rotatable bonds is 5. The molecule has 174 valence electrons. The number of hydrogen-bond donors (Lipinski definition) is 3. The number of anilines is 1. The Kier molecular flexibility index (Phi) is 6.44. The van der Waals surface area contributed by atoms with Crippen molar-refractivity contribution in [3.63, 3.8) is 0 Å². The predicted octanol–water partition coefficient (Wildman–Crippen LogP) is 1.41. The number of primary amides is 1. The van der Waals surface area contributed by atoms with E-state index < -0.39 is 47.8 Å². The van der Waals surface area contributed by atoms with Gasteiger partial charge in [-0.05, 0) is 39.0 Å². The molecular weight excluding hydrogens is 424 g/mol. The van der Waals surface area contributed by atoms with E-state index in [1.165, 1.54) is 20.1 Å². The first kappa shape index (κ1) is 23.5. The van der Waals surface area contributed by atoms with Crippen LogP contribution in [0.1, 0.15) is 26.3 Å². The van der Waals surface area contributed by atoms with Gasteiger partial charge in [-0.1, -0.05) is 0 Å². The number of amides is 2. The number of hydrogen-bond acceptors (Lipinski definition) is 9. The molecule has 0 spiro atoms. The zero-order valence-corrected chi connectivity index (χ0v) is 18.3. The quantitative estimate of drug-likeness (QED) is 0.572. The zero-order chi connectivity index (χ0) is 23.8. The Morgan fingerprint density at radius 2 is 1.97 bits per heavy atom. The fraction of sp³-hybridized carbons (Fsp3) is 0.476. The van der Waals surface area contributed by atoms with Gasteiger partial charge in [0, 0.05) is 25.0 Å². The second-order valence-electron chi connectivity index (χ2n) is 7.99. The normalized spacial score (nSPS) is 24.7. The minimum Gasteiger partial charge on any atom is -0.462 e. The second kappa shape index (κ2) is 8.77. The van der Waals surface area contributed by atoms with Crippen molar-refractivity contribution in [1.82, 2.24) is 0 Å². The molecule has 4 atom stereocenters. The van der Waals surface area contributed by atoms with Gasteiger partial charge < -0.3 is 39.5 Å². The SMILES string of the molecule is COC1[C@H](OC(N)=O)[C@H](O)C(Oc2ccc3cc(NC(C)=O)c(=O)oc3c2C)OC1(C)C. The summed E-state index contributed by atoms with van der Waals surface area (Å²) in [5.41, 5.74) is 4.14. The number of fused-ring (bicyclic) bond motifs is 1. The van der Waals surface area contributed by atoms with E-state index in [1.54, 1.807) is 32.9 Å². The lowest BCUT2D eigenvalue weighted by Gasteiger charge is -2.47. The summed E-state index contributed by atoms with van der Waals surface area (Å²) in [6.07, 6.45) is -5.71. The summed E-state index contributed by atoms with van der Waals surface area (Å²) in [6, 6.07) is 4.72. The molecule has 0 radical (unpaired) electrons. The van der Waals surface area contributed by atoms with Crippen LogP contribution in [0.3, 0.4) is 0 Å². The number of aliphatic hydroxyl groups excluding tert-OH is 1. The van der Waals surface area contributed by atoms with Crippen molar-refractivity contribution in [3.8, 4) is 5.75 Å². The van der Waals surface area contributed by atoms with Crippen molar-refractivity contribution in [3.05, 3.63) is 34.2 Å². The third-order valence-electron chi connectivity index (χ3n) is 5.18. The third kappa shape index (κ3) is 4.54. The molecule has 11 nitrogen and oxygen atoms in total. The summed E-state index contributed by atoms with van der Waals surface area (Å²) in [5.74, 6) is -0.136. The van der Waals surface area contributed by atoms with Crippen molar-refractivity contribution < 1.29 is 38.1 Å². The summed E-state index contributed by atoms with van der Waals surface area (Å²) in [5, 5.41) is 13.7. The van der Waals surface area contributed by atoms with Gasteiger partial charge in [0.1, 0.15) is 23.1 Å². The molecule has 2 unspecified atom stereocenters. The van der Waals surface area contributed by atoms with Gasteiger partial charge in [-0.25, -0.2) is 9.59 Å². The number of methoxy groups -OCH3 is 1. The van der Waals surface area contributed by atoms with Crippen LogP contribution in [0, 0.1) is 6.92 Å². The van der Waals surface area contributed by atoms with Crippen LogP contribution in [0.4, 0.5) is 10.5 Å². The van der Waals surface area contributed by atoms with Gasteiger partial charge in [0.05, 0.1) is 5.60 Å². The maximum atomic E-state index is 12.2. The second-order valence-corrected chi connectivity index (χ2v) is 7.99. The van der Waals surface area contributed by atoms with Crippen molar-refractivity contribution >= 4 is 28.7 Å². The number of aryl methyl sites for hydroxylation is 1. The standard InChI is InChI=1S/C21H26N2O9/c1-9-13(7-6-11-8-12(23-10(2)24)18(26)30-15(9)11)29-19-14(25)16(31-20(22)27)17(28-5)21(3,4)32-19/h6-8,14,16-17,19,25H,1-5H3,(H2,22,27)(H,23,24)/t14-,16+,17?,19?/m0/s1. The van der Waals surface area contributed by atoms with Crippen LogP contribution in [0.2, 0.25) is 0 Å². The summed E-state index contributed by atoms with van der Waals surface area (Å²) < 4.78 is 27.6. The lowest BCUT2D eigenvalue weighted by atomic mass is 9.89. The maximum absolute atomic E-state index is 12.2. The molecule has 1 saturated heterocycles. The highest BCUT2D eigenvalue weighted by Crippen LogP contribution is 2.36.